The van der Waals surface area contributed by atoms with E-state index in [4.69, 9.17) is 0 Å². The molecule has 0 bridgehead atoms. The summed E-state index contributed by atoms with van der Waals surface area (Å²) in [5.74, 6) is 0.857. The topological polar surface area (TPSA) is 40.6 Å². The first-order valence-corrected chi connectivity index (χ1v) is 9.60. The molecule has 4 nitrogen and oxygen atoms in total. The van der Waals surface area contributed by atoms with Crippen LogP contribution in [0.1, 0.15) is 45.6 Å². The summed E-state index contributed by atoms with van der Waals surface area (Å²) in [6, 6.07) is 10.2. The van der Waals surface area contributed by atoms with E-state index in [-0.39, 0.29) is 29.7 Å². The van der Waals surface area contributed by atoms with E-state index in [9.17, 15) is 9.59 Å². The molecule has 1 heterocycles. The van der Waals surface area contributed by atoms with Gasteiger partial charge in [0, 0.05) is 25.7 Å². The number of carbonyl (C=O) groups is 2. The number of amides is 2. The quantitative estimate of drug-likeness (QED) is 0.823. The van der Waals surface area contributed by atoms with Crippen molar-refractivity contribution in [2.24, 2.45) is 17.8 Å². The molecule has 0 N–H and O–H groups in total. The Bertz CT molecular complexity index is 606. The molecule has 1 aliphatic heterocycles. The van der Waals surface area contributed by atoms with Crippen LogP contribution in [0.4, 0.5) is 0 Å². The molecule has 25 heavy (non-hydrogen) atoms. The van der Waals surface area contributed by atoms with Gasteiger partial charge in [0.05, 0.1) is 11.8 Å². The fourth-order valence-electron chi connectivity index (χ4n) is 3.71. The van der Waals surface area contributed by atoms with Crippen LogP contribution in [0, 0.1) is 17.8 Å². The van der Waals surface area contributed by atoms with Crippen LogP contribution in [-0.4, -0.2) is 40.7 Å². The third-order valence-corrected chi connectivity index (χ3v) is 5.62. The van der Waals surface area contributed by atoms with E-state index in [2.05, 4.69) is 6.92 Å². The van der Waals surface area contributed by atoms with Gasteiger partial charge in [-0.15, -0.1) is 0 Å². The summed E-state index contributed by atoms with van der Waals surface area (Å²) in [7, 11) is 0. The number of carbonyl (C=O) groups excluding carboxylic acids is 2. The van der Waals surface area contributed by atoms with Gasteiger partial charge in [-0.2, -0.15) is 0 Å². The average Bonchev–Trinajstić information content (AvgIpc) is 3.40. The lowest BCUT2D eigenvalue weighted by atomic mass is 9.99. The van der Waals surface area contributed by atoms with Crippen LogP contribution >= 0.6 is 0 Å². The lowest BCUT2D eigenvalue weighted by molar-refractivity contribution is -0.140. The van der Waals surface area contributed by atoms with Gasteiger partial charge < -0.3 is 9.80 Å². The minimum Gasteiger partial charge on any atom is -0.342 e. The third-order valence-electron chi connectivity index (χ3n) is 5.62. The van der Waals surface area contributed by atoms with Crippen LogP contribution in [0.5, 0.6) is 0 Å². The molecule has 2 aliphatic rings. The highest BCUT2D eigenvalue weighted by atomic mass is 16.2. The van der Waals surface area contributed by atoms with Gasteiger partial charge in [-0.25, -0.2) is 0 Å². The maximum absolute atomic E-state index is 13.0. The minimum atomic E-state index is -0.113. The molecule has 4 heteroatoms. The Morgan fingerprint density at radius 2 is 1.76 bits per heavy atom. The van der Waals surface area contributed by atoms with Crippen molar-refractivity contribution >= 4 is 11.8 Å². The van der Waals surface area contributed by atoms with Crippen molar-refractivity contribution < 1.29 is 9.59 Å². The van der Waals surface area contributed by atoms with Gasteiger partial charge >= 0.3 is 0 Å². The molecule has 1 aliphatic carbocycles. The van der Waals surface area contributed by atoms with Crippen molar-refractivity contribution in [2.75, 3.05) is 13.1 Å². The van der Waals surface area contributed by atoms with Gasteiger partial charge in [-0.1, -0.05) is 37.3 Å². The normalized spacial score (nSPS) is 23.6. The molecule has 0 spiro atoms. The van der Waals surface area contributed by atoms with E-state index in [1.54, 1.807) is 0 Å². The smallest absolute Gasteiger partial charge is 0.227 e. The summed E-state index contributed by atoms with van der Waals surface area (Å²) < 4.78 is 0. The molecule has 2 unspecified atom stereocenters. The van der Waals surface area contributed by atoms with Gasteiger partial charge in [-0.3, -0.25) is 9.59 Å². The van der Waals surface area contributed by atoms with Gasteiger partial charge in [0.25, 0.3) is 0 Å². The summed E-state index contributed by atoms with van der Waals surface area (Å²) in [5.41, 5.74) is 1.14. The number of rotatable bonds is 5. The largest absolute Gasteiger partial charge is 0.342 e. The fraction of sp³-hybridized carbons (Fsp3) is 0.619. The Morgan fingerprint density at radius 3 is 2.36 bits per heavy atom. The van der Waals surface area contributed by atoms with Crippen LogP contribution < -0.4 is 0 Å². The Morgan fingerprint density at radius 1 is 1.12 bits per heavy atom. The number of benzene rings is 1. The monoisotopic (exact) mass is 342 g/mol. The molecule has 1 aromatic carbocycles. The third kappa shape index (κ3) is 4.23. The zero-order valence-electron chi connectivity index (χ0n) is 15.6. The fourth-order valence-corrected chi connectivity index (χ4v) is 3.71. The molecule has 2 fully saturated rings. The minimum absolute atomic E-state index is 0.0853. The zero-order valence-corrected chi connectivity index (χ0v) is 15.6. The van der Waals surface area contributed by atoms with Crippen molar-refractivity contribution in [1.82, 2.24) is 9.80 Å². The zero-order chi connectivity index (χ0) is 18.0. The predicted molar refractivity (Wildman–Crippen MR) is 98.7 cm³/mol. The molecular formula is C21H30N2O2. The highest BCUT2D eigenvalue weighted by Gasteiger charge is 2.51. The van der Waals surface area contributed by atoms with Crippen LogP contribution in [-0.2, 0) is 16.1 Å². The SMILES string of the molecule is CC1CCN(C(=O)C2CC2C(=O)N(Cc2ccccc2)C(C)C)CC1. The van der Waals surface area contributed by atoms with E-state index in [1.165, 1.54) is 0 Å². The lowest BCUT2D eigenvalue weighted by Gasteiger charge is -2.31. The Balaban J connectivity index is 1.59. The van der Waals surface area contributed by atoms with Crippen LogP contribution in [0.3, 0.4) is 0 Å². The van der Waals surface area contributed by atoms with Gasteiger partial charge in [0.15, 0.2) is 0 Å². The van der Waals surface area contributed by atoms with Crippen LogP contribution in [0.15, 0.2) is 30.3 Å². The Kier molecular flexibility index (Phi) is 5.45. The Hall–Kier alpha value is -1.84. The van der Waals surface area contributed by atoms with E-state index in [0.717, 1.165) is 37.9 Å². The molecule has 2 amide bonds. The highest BCUT2D eigenvalue weighted by molar-refractivity contribution is 5.92. The van der Waals surface area contributed by atoms with Gasteiger partial charge in [0.1, 0.15) is 0 Å². The van der Waals surface area contributed by atoms with E-state index in [1.807, 2.05) is 54.0 Å². The second kappa shape index (κ2) is 7.59. The van der Waals surface area contributed by atoms with Gasteiger partial charge in [0.2, 0.25) is 11.8 Å². The summed E-state index contributed by atoms with van der Waals surface area (Å²) in [5, 5.41) is 0. The standard InChI is InChI=1S/C21H30N2O2/c1-15(2)23(14-17-7-5-4-6-8-17)21(25)19-13-18(19)20(24)22-11-9-16(3)10-12-22/h4-8,15-16,18-19H,9-14H2,1-3H3. The number of hydrogen-bond acceptors (Lipinski definition) is 2. The number of likely N-dealkylation sites (tertiary alicyclic amines) is 1. The predicted octanol–water partition coefficient (Wildman–Crippen LogP) is 3.32. The maximum atomic E-state index is 13.0. The maximum Gasteiger partial charge on any atom is 0.227 e. The van der Waals surface area contributed by atoms with Gasteiger partial charge in [-0.05, 0) is 44.6 Å². The second-order valence-electron chi connectivity index (χ2n) is 8.00. The average molecular weight is 342 g/mol. The van der Waals surface area contributed by atoms with Crippen molar-refractivity contribution in [3.8, 4) is 0 Å². The first kappa shape index (κ1) is 18.0. The van der Waals surface area contributed by atoms with Crippen molar-refractivity contribution in [3.05, 3.63) is 35.9 Å². The number of hydrogen-bond donors (Lipinski definition) is 0. The molecular weight excluding hydrogens is 312 g/mol. The summed E-state index contributed by atoms with van der Waals surface area (Å²) in [4.78, 5) is 29.5. The lowest BCUT2D eigenvalue weighted by Crippen LogP contribution is -2.41. The molecule has 1 saturated carbocycles. The Labute approximate surface area is 151 Å². The first-order valence-electron chi connectivity index (χ1n) is 9.60. The molecule has 2 atom stereocenters. The number of nitrogens with zero attached hydrogens (tertiary/aromatic N) is 2. The number of piperidine rings is 1. The van der Waals surface area contributed by atoms with Crippen LogP contribution in [0.25, 0.3) is 0 Å². The first-order chi connectivity index (χ1) is 12.0. The summed E-state index contributed by atoms with van der Waals surface area (Å²) in [6.07, 6.45) is 2.90. The highest BCUT2D eigenvalue weighted by Crippen LogP contribution is 2.42. The van der Waals surface area contributed by atoms with E-state index in [0.29, 0.717) is 12.5 Å². The molecule has 0 radical (unpaired) electrons. The molecule has 0 aromatic heterocycles. The second-order valence-corrected chi connectivity index (χ2v) is 8.00. The van der Waals surface area contributed by atoms with Crippen molar-refractivity contribution in [2.45, 2.75) is 52.6 Å². The molecule has 136 valence electrons. The van der Waals surface area contributed by atoms with Crippen molar-refractivity contribution in [3.63, 3.8) is 0 Å². The van der Waals surface area contributed by atoms with Crippen LogP contribution in [0.2, 0.25) is 0 Å². The van der Waals surface area contributed by atoms with E-state index >= 15 is 0 Å². The van der Waals surface area contributed by atoms with Crippen molar-refractivity contribution in [1.29, 1.82) is 0 Å². The molecule has 1 saturated heterocycles. The summed E-state index contributed by atoms with van der Waals surface area (Å²) >= 11 is 0. The molecule has 1 aromatic rings. The molecule has 3 rings (SSSR count). The summed E-state index contributed by atoms with van der Waals surface area (Å²) in [6.45, 7) is 8.67. The van der Waals surface area contributed by atoms with E-state index < -0.39 is 0 Å².